The molecule has 0 aromatic heterocycles. The Morgan fingerprint density at radius 3 is 2.45 bits per heavy atom. The van der Waals surface area contributed by atoms with E-state index < -0.39 is 0 Å². The van der Waals surface area contributed by atoms with E-state index in [0.29, 0.717) is 0 Å². The summed E-state index contributed by atoms with van der Waals surface area (Å²) in [6.45, 7) is 7.00. The van der Waals surface area contributed by atoms with Crippen LogP contribution in [0.1, 0.15) is 62.7 Å². The van der Waals surface area contributed by atoms with Crippen molar-refractivity contribution in [3.8, 4) is 5.75 Å². The predicted octanol–water partition coefficient (Wildman–Crippen LogP) is 4.52. The van der Waals surface area contributed by atoms with Crippen LogP contribution in [-0.2, 0) is 0 Å². The minimum absolute atomic E-state index is 0.154. The molecule has 22 heavy (non-hydrogen) atoms. The van der Waals surface area contributed by atoms with Crippen molar-refractivity contribution in [3.05, 3.63) is 29.8 Å². The minimum Gasteiger partial charge on any atom is -0.494 e. The third kappa shape index (κ3) is 5.04. The van der Waals surface area contributed by atoms with Gasteiger partial charge in [0.1, 0.15) is 5.75 Å². The second-order valence-electron chi connectivity index (χ2n) is 6.41. The third-order valence-electron chi connectivity index (χ3n) is 4.44. The Bertz CT molecular complexity index is 447. The van der Waals surface area contributed by atoms with Gasteiger partial charge >= 0.3 is 0 Å². The Hall–Kier alpha value is -1.51. The van der Waals surface area contributed by atoms with Crippen molar-refractivity contribution in [2.45, 2.75) is 52.4 Å². The molecule has 1 amide bonds. The van der Waals surface area contributed by atoms with Crippen molar-refractivity contribution in [2.75, 3.05) is 19.7 Å². The zero-order valence-corrected chi connectivity index (χ0v) is 14.0. The van der Waals surface area contributed by atoms with Crippen LogP contribution >= 0.6 is 0 Å². The van der Waals surface area contributed by atoms with Gasteiger partial charge in [0.05, 0.1) is 6.61 Å². The van der Waals surface area contributed by atoms with Gasteiger partial charge in [-0.15, -0.1) is 0 Å². The van der Waals surface area contributed by atoms with E-state index in [0.717, 1.165) is 56.2 Å². The van der Waals surface area contributed by atoms with Gasteiger partial charge < -0.3 is 9.64 Å². The van der Waals surface area contributed by atoms with E-state index >= 15 is 0 Å². The SMILES string of the molecule is CCCCCCOc1ccc(C(=O)N2CCC(C)CC2)cc1. The Labute approximate surface area is 134 Å². The van der Waals surface area contributed by atoms with E-state index in [2.05, 4.69) is 13.8 Å². The molecule has 0 N–H and O–H groups in total. The number of carbonyl (C=O) groups excluding carboxylic acids is 1. The summed E-state index contributed by atoms with van der Waals surface area (Å²) in [5, 5.41) is 0. The lowest BCUT2D eigenvalue weighted by Crippen LogP contribution is -2.37. The molecule has 3 heteroatoms. The number of piperidine rings is 1. The zero-order valence-electron chi connectivity index (χ0n) is 14.0. The largest absolute Gasteiger partial charge is 0.494 e. The highest BCUT2D eigenvalue weighted by molar-refractivity contribution is 5.94. The molecule has 1 fully saturated rings. The summed E-state index contributed by atoms with van der Waals surface area (Å²) >= 11 is 0. The lowest BCUT2D eigenvalue weighted by atomic mass is 9.98. The van der Waals surface area contributed by atoms with Crippen LogP contribution in [0.15, 0.2) is 24.3 Å². The van der Waals surface area contributed by atoms with Crippen molar-refractivity contribution >= 4 is 5.91 Å². The monoisotopic (exact) mass is 303 g/mol. The maximum absolute atomic E-state index is 12.4. The van der Waals surface area contributed by atoms with Crippen molar-refractivity contribution in [2.24, 2.45) is 5.92 Å². The Balaban J connectivity index is 1.79. The lowest BCUT2D eigenvalue weighted by Gasteiger charge is -2.30. The number of rotatable bonds is 7. The van der Waals surface area contributed by atoms with Crippen molar-refractivity contribution in [1.29, 1.82) is 0 Å². The molecule has 2 rings (SSSR count). The molecule has 0 unspecified atom stereocenters. The van der Waals surface area contributed by atoms with Gasteiger partial charge in [-0.25, -0.2) is 0 Å². The van der Waals surface area contributed by atoms with Crippen LogP contribution in [0.5, 0.6) is 5.75 Å². The predicted molar refractivity (Wildman–Crippen MR) is 90.4 cm³/mol. The maximum atomic E-state index is 12.4. The van der Waals surface area contributed by atoms with Crippen molar-refractivity contribution in [3.63, 3.8) is 0 Å². The van der Waals surface area contributed by atoms with Gasteiger partial charge in [-0.1, -0.05) is 33.1 Å². The highest BCUT2D eigenvalue weighted by Gasteiger charge is 2.21. The molecule has 0 radical (unpaired) electrons. The maximum Gasteiger partial charge on any atom is 0.253 e. The second kappa shape index (κ2) is 8.82. The number of amides is 1. The van der Waals surface area contributed by atoms with Crippen LogP contribution in [0.3, 0.4) is 0 Å². The number of benzene rings is 1. The topological polar surface area (TPSA) is 29.5 Å². The quantitative estimate of drug-likeness (QED) is 0.693. The highest BCUT2D eigenvalue weighted by atomic mass is 16.5. The van der Waals surface area contributed by atoms with Gasteiger partial charge in [0.15, 0.2) is 0 Å². The van der Waals surface area contributed by atoms with Gasteiger partial charge in [0.2, 0.25) is 0 Å². The molecule has 0 bridgehead atoms. The molecule has 1 saturated heterocycles. The Kier molecular flexibility index (Phi) is 6.75. The van der Waals surface area contributed by atoms with Crippen LogP contribution < -0.4 is 4.74 Å². The normalized spacial score (nSPS) is 15.8. The van der Waals surface area contributed by atoms with Crippen LogP contribution in [0.2, 0.25) is 0 Å². The Morgan fingerprint density at radius 2 is 1.82 bits per heavy atom. The summed E-state index contributed by atoms with van der Waals surface area (Å²) in [7, 11) is 0. The summed E-state index contributed by atoms with van der Waals surface area (Å²) in [4.78, 5) is 14.4. The molecule has 1 aliphatic heterocycles. The molecule has 0 saturated carbocycles. The number of ether oxygens (including phenoxy) is 1. The van der Waals surface area contributed by atoms with E-state index in [4.69, 9.17) is 4.74 Å². The fourth-order valence-electron chi connectivity index (χ4n) is 2.81. The third-order valence-corrected chi connectivity index (χ3v) is 4.44. The molecule has 0 spiro atoms. The van der Waals surface area contributed by atoms with E-state index in [9.17, 15) is 4.79 Å². The molecule has 1 aliphatic rings. The molecular formula is C19H29NO2. The van der Waals surface area contributed by atoms with Gasteiger partial charge in [-0.05, 0) is 49.4 Å². The summed E-state index contributed by atoms with van der Waals surface area (Å²) in [6.07, 6.45) is 7.06. The summed E-state index contributed by atoms with van der Waals surface area (Å²) in [5.74, 6) is 1.76. The number of hydrogen-bond donors (Lipinski definition) is 0. The standard InChI is InChI=1S/C19H29NO2/c1-3-4-5-6-15-22-18-9-7-17(8-10-18)19(21)20-13-11-16(2)12-14-20/h7-10,16H,3-6,11-15H2,1-2H3. The van der Waals surface area contributed by atoms with E-state index in [1.807, 2.05) is 29.2 Å². The zero-order chi connectivity index (χ0) is 15.8. The number of hydrogen-bond acceptors (Lipinski definition) is 2. The first-order valence-electron chi connectivity index (χ1n) is 8.73. The van der Waals surface area contributed by atoms with Crippen LogP contribution in [0.25, 0.3) is 0 Å². The first-order chi connectivity index (χ1) is 10.7. The van der Waals surface area contributed by atoms with Crippen LogP contribution in [0, 0.1) is 5.92 Å². The molecule has 3 nitrogen and oxygen atoms in total. The second-order valence-corrected chi connectivity index (χ2v) is 6.41. The summed E-state index contributed by atoms with van der Waals surface area (Å²) in [6, 6.07) is 7.61. The van der Waals surface area contributed by atoms with Crippen molar-refractivity contribution in [1.82, 2.24) is 4.90 Å². The van der Waals surface area contributed by atoms with Gasteiger partial charge in [-0.2, -0.15) is 0 Å². The molecule has 1 aromatic carbocycles. The molecule has 0 aliphatic carbocycles. The van der Waals surface area contributed by atoms with E-state index in [1.54, 1.807) is 0 Å². The Morgan fingerprint density at radius 1 is 1.14 bits per heavy atom. The van der Waals surface area contributed by atoms with Crippen LogP contribution in [-0.4, -0.2) is 30.5 Å². The highest BCUT2D eigenvalue weighted by Crippen LogP contribution is 2.19. The first kappa shape index (κ1) is 16.9. The van der Waals surface area contributed by atoms with E-state index in [1.165, 1.54) is 19.3 Å². The molecular weight excluding hydrogens is 274 g/mol. The minimum atomic E-state index is 0.154. The summed E-state index contributed by atoms with van der Waals surface area (Å²) < 4.78 is 5.72. The smallest absolute Gasteiger partial charge is 0.253 e. The van der Waals surface area contributed by atoms with Gasteiger partial charge in [-0.3, -0.25) is 4.79 Å². The van der Waals surface area contributed by atoms with Gasteiger partial charge in [0.25, 0.3) is 5.91 Å². The summed E-state index contributed by atoms with van der Waals surface area (Å²) in [5.41, 5.74) is 0.771. The lowest BCUT2D eigenvalue weighted by molar-refractivity contribution is 0.0697. The van der Waals surface area contributed by atoms with Gasteiger partial charge in [0, 0.05) is 18.7 Å². The first-order valence-corrected chi connectivity index (χ1v) is 8.73. The number of likely N-dealkylation sites (tertiary alicyclic amines) is 1. The average molecular weight is 303 g/mol. The number of nitrogens with zero attached hydrogens (tertiary/aromatic N) is 1. The van der Waals surface area contributed by atoms with Crippen molar-refractivity contribution < 1.29 is 9.53 Å². The van der Waals surface area contributed by atoms with Crippen LogP contribution in [0.4, 0.5) is 0 Å². The average Bonchev–Trinajstić information content (AvgIpc) is 2.55. The number of unbranched alkanes of at least 4 members (excludes halogenated alkanes) is 3. The fraction of sp³-hybridized carbons (Fsp3) is 0.632. The molecule has 0 atom stereocenters. The molecule has 1 aromatic rings. The number of carbonyl (C=O) groups is 1. The molecule has 122 valence electrons. The fourth-order valence-corrected chi connectivity index (χ4v) is 2.81. The molecule has 1 heterocycles. The van der Waals surface area contributed by atoms with E-state index in [-0.39, 0.29) is 5.91 Å².